The molecule has 0 atom stereocenters. The maximum absolute atomic E-state index is 2.44. The van der Waals surface area contributed by atoms with E-state index >= 15 is 0 Å². The molecule has 0 bridgehead atoms. The van der Waals surface area contributed by atoms with Gasteiger partial charge in [0.15, 0.2) is 0 Å². The van der Waals surface area contributed by atoms with Crippen molar-refractivity contribution in [2.75, 3.05) is 0 Å². The number of rotatable bonds is 7. The number of aryl methyl sites for hydroxylation is 2. The third kappa shape index (κ3) is 6.34. The highest BCUT2D eigenvalue weighted by molar-refractivity contribution is 6.13. The van der Waals surface area contributed by atoms with Crippen LogP contribution in [0.5, 0.6) is 0 Å². The van der Waals surface area contributed by atoms with E-state index in [1.54, 1.807) is 0 Å². The van der Waals surface area contributed by atoms with Crippen LogP contribution in [-0.2, 0) is 0 Å². The second-order valence-electron chi connectivity index (χ2n) is 17.1. The number of hydrogen-bond donors (Lipinski definition) is 0. The molecule has 2 heteroatoms. The predicted octanol–water partition coefficient (Wildman–Crippen LogP) is 16.8. The highest BCUT2D eigenvalue weighted by Gasteiger charge is 2.19. The van der Waals surface area contributed by atoms with Gasteiger partial charge in [-0.25, -0.2) is 0 Å². The molecule has 0 unspecified atom stereocenters. The van der Waals surface area contributed by atoms with Crippen LogP contribution >= 0.6 is 0 Å². The van der Waals surface area contributed by atoms with Crippen molar-refractivity contribution in [3.05, 3.63) is 242 Å². The van der Waals surface area contributed by atoms with Crippen LogP contribution in [0.25, 0.3) is 111 Å². The van der Waals surface area contributed by atoms with Crippen molar-refractivity contribution in [1.29, 1.82) is 0 Å². The van der Waals surface area contributed by atoms with Crippen LogP contribution in [0.3, 0.4) is 0 Å². The van der Waals surface area contributed by atoms with E-state index in [4.69, 9.17) is 0 Å². The average molecular weight is 817 g/mol. The van der Waals surface area contributed by atoms with Crippen LogP contribution in [-0.4, -0.2) is 9.13 Å². The Morgan fingerprint density at radius 2 is 0.500 bits per heavy atom. The second kappa shape index (κ2) is 15.3. The van der Waals surface area contributed by atoms with Crippen LogP contribution in [0.2, 0.25) is 0 Å². The van der Waals surface area contributed by atoms with Crippen molar-refractivity contribution in [2.45, 2.75) is 13.8 Å². The maximum atomic E-state index is 2.44. The van der Waals surface area contributed by atoms with Crippen LogP contribution in [0.4, 0.5) is 0 Å². The van der Waals surface area contributed by atoms with E-state index in [0.29, 0.717) is 0 Å². The summed E-state index contributed by atoms with van der Waals surface area (Å²) >= 11 is 0. The summed E-state index contributed by atoms with van der Waals surface area (Å²) in [6, 6.07) is 84.4. The summed E-state index contributed by atoms with van der Waals surface area (Å²) in [6.07, 6.45) is 0. The summed E-state index contributed by atoms with van der Waals surface area (Å²) in [5.41, 5.74) is 21.8. The fourth-order valence-electron chi connectivity index (χ4n) is 10.0. The first-order chi connectivity index (χ1) is 31.6. The van der Waals surface area contributed by atoms with E-state index in [0.717, 1.165) is 11.4 Å². The van der Waals surface area contributed by atoms with Gasteiger partial charge in [0.25, 0.3) is 0 Å². The Bertz CT molecular complexity index is 3270. The first-order valence-corrected chi connectivity index (χ1v) is 22.2. The van der Waals surface area contributed by atoms with Crippen molar-refractivity contribution in [3.63, 3.8) is 0 Å². The Kier molecular flexibility index (Phi) is 8.98. The number of aromatic nitrogens is 2. The van der Waals surface area contributed by atoms with Crippen molar-refractivity contribution in [2.24, 2.45) is 0 Å². The van der Waals surface area contributed by atoms with Crippen LogP contribution in [0.1, 0.15) is 11.1 Å². The fourth-order valence-corrected chi connectivity index (χ4v) is 10.0. The van der Waals surface area contributed by atoms with Gasteiger partial charge < -0.3 is 9.13 Å². The lowest BCUT2D eigenvalue weighted by Gasteiger charge is -2.16. The van der Waals surface area contributed by atoms with Gasteiger partial charge in [-0.3, -0.25) is 0 Å². The molecule has 2 heterocycles. The zero-order valence-electron chi connectivity index (χ0n) is 35.8. The maximum Gasteiger partial charge on any atom is 0.0541 e. The second-order valence-corrected chi connectivity index (χ2v) is 17.1. The van der Waals surface area contributed by atoms with Gasteiger partial charge in [0.1, 0.15) is 0 Å². The van der Waals surface area contributed by atoms with Crippen molar-refractivity contribution in [1.82, 2.24) is 9.13 Å². The Labute approximate surface area is 373 Å². The molecular formula is C62H44N2. The third-order valence-corrected chi connectivity index (χ3v) is 13.2. The molecule has 0 aliphatic heterocycles. The lowest BCUT2D eigenvalue weighted by molar-refractivity contribution is 1.16. The molecule has 2 nitrogen and oxygen atoms in total. The minimum absolute atomic E-state index is 1.16. The minimum atomic E-state index is 1.16. The quantitative estimate of drug-likeness (QED) is 0.152. The monoisotopic (exact) mass is 816 g/mol. The molecule has 12 aromatic rings. The van der Waals surface area contributed by atoms with Gasteiger partial charge in [-0.1, -0.05) is 158 Å². The van der Waals surface area contributed by atoms with Gasteiger partial charge in [-0.2, -0.15) is 0 Å². The summed E-state index contributed by atoms with van der Waals surface area (Å²) in [5, 5.41) is 5.00. The van der Waals surface area contributed by atoms with Gasteiger partial charge >= 0.3 is 0 Å². The molecule has 2 aromatic heterocycles. The Balaban J connectivity index is 0.959. The smallest absolute Gasteiger partial charge is 0.0541 e. The molecule has 64 heavy (non-hydrogen) atoms. The predicted molar refractivity (Wildman–Crippen MR) is 272 cm³/mol. The van der Waals surface area contributed by atoms with E-state index in [9.17, 15) is 0 Å². The summed E-state index contributed by atoms with van der Waals surface area (Å²) in [6.45, 7) is 4.51. The highest BCUT2D eigenvalue weighted by atomic mass is 15.0. The molecule has 302 valence electrons. The Morgan fingerprint density at radius 3 is 0.750 bits per heavy atom. The zero-order chi connectivity index (χ0) is 42.7. The average Bonchev–Trinajstić information content (AvgIpc) is 3.86. The van der Waals surface area contributed by atoms with E-state index in [1.807, 2.05) is 0 Å². The third-order valence-electron chi connectivity index (χ3n) is 13.2. The first kappa shape index (κ1) is 37.6. The molecule has 10 aromatic carbocycles. The van der Waals surface area contributed by atoms with E-state index < -0.39 is 0 Å². The van der Waals surface area contributed by atoms with Crippen LogP contribution < -0.4 is 0 Å². The van der Waals surface area contributed by atoms with Crippen LogP contribution in [0.15, 0.2) is 231 Å². The van der Waals surface area contributed by atoms with Gasteiger partial charge in [0, 0.05) is 32.9 Å². The lowest BCUT2D eigenvalue weighted by Crippen LogP contribution is -1.98. The summed E-state index contributed by atoms with van der Waals surface area (Å²) in [4.78, 5) is 0. The molecule has 0 saturated carbocycles. The first-order valence-electron chi connectivity index (χ1n) is 22.2. The Hall–Kier alpha value is -8.20. The SMILES string of the molecule is Cc1cc(-n2c3ccc(-c4ccccc4)cc3c3cc(-c4ccccc4)ccc32)ccc1-c1ccc(-n2c3ccc(-c4ccccc4)cc3c3cc(-c4ccccc4)ccc32)cc1C. The van der Waals surface area contributed by atoms with Crippen LogP contribution in [0, 0.1) is 13.8 Å². The van der Waals surface area contributed by atoms with Crippen molar-refractivity contribution >= 4 is 43.6 Å². The van der Waals surface area contributed by atoms with Gasteiger partial charge in [-0.05, 0) is 153 Å². The molecule has 0 N–H and O–H groups in total. The lowest BCUT2D eigenvalue weighted by atomic mass is 9.95. The summed E-state index contributed by atoms with van der Waals surface area (Å²) in [5.74, 6) is 0. The molecule has 0 amide bonds. The van der Waals surface area contributed by atoms with E-state index in [-0.39, 0.29) is 0 Å². The molecule has 0 fully saturated rings. The number of fused-ring (bicyclic) bond motifs is 6. The standard InChI is InChI=1S/C62H44N2/c1-41-35-51(63-59-31-23-47(43-15-7-3-8-16-43)37-55(59)56-38-48(24-32-60(56)63)44-17-9-4-10-18-44)27-29-53(41)54-30-28-52(36-42(54)2)64-61-33-25-49(45-19-11-5-12-20-45)39-57(61)58-40-50(26-34-62(58)64)46-21-13-6-14-22-46/h3-40H,1-2H3. The number of hydrogen-bond acceptors (Lipinski definition) is 0. The highest BCUT2D eigenvalue weighted by Crippen LogP contribution is 2.41. The fraction of sp³-hybridized carbons (Fsp3) is 0.0323. The molecule has 0 aliphatic rings. The number of benzene rings is 10. The minimum Gasteiger partial charge on any atom is -0.309 e. The van der Waals surface area contributed by atoms with Gasteiger partial charge in [0.2, 0.25) is 0 Å². The van der Waals surface area contributed by atoms with Gasteiger partial charge in [-0.15, -0.1) is 0 Å². The zero-order valence-corrected chi connectivity index (χ0v) is 35.8. The van der Waals surface area contributed by atoms with Gasteiger partial charge in [0.05, 0.1) is 22.1 Å². The topological polar surface area (TPSA) is 9.86 Å². The molecular weight excluding hydrogens is 773 g/mol. The summed E-state index contributed by atoms with van der Waals surface area (Å²) in [7, 11) is 0. The molecule has 0 radical (unpaired) electrons. The molecule has 12 rings (SSSR count). The summed E-state index contributed by atoms with van der Waals surface area (Å²) < 4.78 is 4.88. The molecule has 0 saturated heterocycles. The van der Waals surface area contributed by atoms with Crippen molar-refractivity contribution in [3.8, 4) is 67.0 Å². The normalized spacial score (nSPS) is 11.6. The molecule has 0 spiro atoms. The van der Waals surface area contributed by atoms with E-state index in [2.05, 4.69) is 254 Å². The Morgan fingerprint density at radius 1 is 0.234 bits per heavy atom. The largest absolute Gasteiger partial charge is 0.309 e. The molecule has 0 aliphatic carbocycles. The van der Waals surface area contributed by atoms with E-state index in [1.165, 1.54) is 110 Å². The number of nitrogens with zero attached hydrogens (tertiary/aromatic N) is 2. The van der Waals surface area contributed by atoms with Crippen molar-refractivity contribution < 1.29 is 0 Å².